The molecule has 0 saturated carbocycles. The van der Waals surface area contributed by atoms with Crippen LogP contribution in [0.1, 0.15) is 27.9 Å². The van der Waals surface area contributed by atoms with Crippen LogP contribution < -0.4 is 21.3 Å². The highest BCUT2D eigenvalue weighted by atomic mass is 16.3. The Morgan fingerprint density at radius 1 is 1.02 bits per heavy atom. The minimum absolute atomic E-state index is 0.0294. The normalized spacial score (nSPS) is 24.5. The summed E-state index contributed by atoms with van der Waals surface area (Å²) in [6.45, 7) is 1.90. The number of hydrogen-bond donors (Lipinski definition) is 7. The first-order chi connectivity index (χ1) is 20.6. The second kappa shape index (κ2) is 10.7. The summed E-state index contributed by atoms with van der Waals surface area (Å²) in [5, 5.41) is 50.8. The number of hydrogen-bond acceptors (Lipinski definition) is 10. The number of rotatable bonds is 5. The monoisotopic (exact) mass is 605 g/mol. The fourth-order valence-electron chi connectivity index (χ4n) is 6.71. The van der Waals surface area contributed by atoms with Crippen LogP contribution in [-0.2, 0) is 16.0 Å². The molecule has 13 nitrogen and oxygen atoms in total. The number of aromatic hydroxyl groups is 1. The molecule has 8 N–H and O–H groups in total. The van der Waals surface area contributed by atoms with Gasteiger partial charge in [0.25, 0.3) is 5.91 Å². The largest absolute Gasteiger partial charge is 0.510 e. The highest BCUT2D eigenvalue weighted by Crippen LogP contribution is 2.53. The summed E-state index contributed by atoms with van der Waals surface area (Å²) in [5.41, 5.74) is 3.65. The first-order valence-electron chi connectivity index (χ1n) is 13.9. The average molecular weight is 606 g/mol. The Morgan fingerprint density at radius 2 is 1.66 bits per heavy atom. The van der Waals surface area contributed by atoms with E-state index < -0.39 is 69.8 Å². The molecule has 2 aromatic carbocycles. The van der Waals surface area contributed by atoms with Crippen molar-refractivity contribution in [2.75, 3.05) is 43.7 Å². The SMILES string of the molecule is Cc1ccc(NC(=O)Nc2cc(N(C)C)c3c(c2O)C(=O)C2=C(O)C4(O)C(=O)C(C(N)=O)=C(O)C(N(C)C)C4CC2C3)cc1. The average Bonchev–Trinajstić information content (AvgIpc) is 2.93. The Labute approximate surface area is 253 Å². The molecular weight excluding hydrogens is 570 g/mol. The van der Waals surface area contributed by atoms with Crippen LogP contribution in [0.25, 0.3) is 0 Å². The van der Waals surface area contributed by atoms with Gasteiger partial charge >= 0.3 is 6.03 Å². The number of phenols is 1. The zero-order chi connectivity index (χ0) is 32.4. The van der Waals surface area contributed by atoms with E-state index in [1.807, 2.05) is 19.1 Å². The van der Waals surface area contributed by atoms with Crippen LogP contribution in [0.15, 0.2) is 53.0 Å². The van der Waals surface area contributed by atoms with E-state index in [1.54, 1.807) is 45.2 Å². The molecule has 0 fully saturated rings. The van der Waals surface area contributed by atoms with Crippen molar-refractivity contribution in [2.45, 2.75) is 31.4 Å². The van der Waals surface area contributed by atoms with Crippen molar-refractivity contribution in [2.24, 2.45) is 17.6 Å². The van der Waals surface area contributed by atoms with Gasteiger partial charge in [0, 0.05) is 37.0 Å². The molecule has 4 unspecified atom stereocenters. The number of urea groups is 1. The van der Waals surface area contributed by atoms with Crippen molar-refractivity contribution in [1.29, 1.82) is 0 Å². The lowest BCUT2D eigenvalue weighted by Crippen LogP contribution is -2.63. The van der Waals surface area contributed by atoms with Crippen LogP contribution >= 0.6 is 0 Å². The van der Waals surface area contributed by atoms with Crippen LogP contribution in [0.3, 0.4) is 0 Å². The third kappa shape index (κ3) is 4.55. The van der Waals surface area contributed by atoms with E-state index in [9.17, 15) is 39.6 Å². The molecule has 0 bridgehead atoms. The number of carbonyl (C=O) groups excluding carboxylic acids is 4. The molecule has 3 amide bonds. The maximum absolute atomic E-state index is 14.1. The minimum Gasteiger partial charge on any atom is -0.510 e. The van der Waals surface area contributed by atoms with E-state index in [0.29, 0.717) is 16.9 Å². The molecule has 3 aliphatic rings. The summed E-state index contributed by atoms with van der Waals surface area (Å²) < 4.78 is 0. The number of benzene rings is 2. The number of Topliss-reactive ketones (excluding diaryl/α,β-unsaturated/α-hetero) is 2. The van der Waals surface area contributed by atoms with Gasteiger partial charge in [0.1, 0.15) is 17.1 Å². The summed E-state index contributed by atoms with van der Waals surface area (Å²) in [6.07, 6.45) is 0.0871. The van der Waals surface area contributed by atoms with Crippen molar-refractivity contribution >= 4 is 40.6 Å². The number of phenolic OH excluding ortho intramolecular Hbond substituents is 1. The lowest BCUT2D eigenvalue weighted by atomic mass is 9.58. The first-order valence-corrected chi connectivity index (χ1v) is 13.9. The van der Waals surface area contributed by atoms with Crippen molar-refractivity contribution < 1.29 is 39.6 Å². The second-order valence-electron chi connectivity index (χ2n) is 11.9. The third-order valence-corrected chi connectivity index (χ3v) is 8.74. The number of likely N-dealkylation sites (N-methyl/N-ethyl adjacent to an activating group) is 1. The lowest BCUT2D eigenvalue weighted by molar-refractivity contribution is -0.148. The molecule has 0 saturated heterocycles. The number of aliphatic hydroxyl groups excluding tert-OH is 2. The summed E-state index contributed by atoms with van der Waals surface area (Å²) in [6, 6.07) is 6.81. The molecule has 0 radical (unpaired) electrons. The molecule has 0 spiro atoms. The number of aryl methyl sites for hydroxylation is 1. The Hall–Kier alpha value is -4.88. The van der Waals surface area contributed by atoms with Crippen molar-refractivity contribution in [3.63, 3.8) is 0 Å². The number of carbonyl (C=O) groups is 4. The standard InChI is InChI=1S/C31H35N5O8/c1-13-6-8-15(9-7-13)33-30(43)34-18-12-19(35(2)3)16-10-14-11-17-23(36(4)5)26(39)22(29(32)42)28(41)31(17,44)27(40)20(14)25(38)21(16)24(18)37/h6-9,12,14,17,23,37,39-40,44H,10-11H2,1-5H3,(H2,32,42)(H2,33,34,43). The van der Waals surface area contributed by atoms with E-state index in [0.717, 1.165) is 5.56 Å². The Balaban J connectivity index is 1.62. The zero-order valence-corrected chi connectivity index (χ0v) is 24.9. The van der Waals surface area contributed by atoms with Gasteiger partial charge in [-0.3, -0.25) is 19.3 Å². The minimum atomic E-state index is -2.74. The lowest BCUT2D eigenvalue weighted by Gasteiger charge is -2.50. The van der Waals surface area contributed by atoms with Gasteiger partial charge in [-0.1, -0.05) is 17.7 Å². The molecule has 0 aromatic heterocycles. The Morgan fingerprint density at radius 3 is 2.23 bits per heavy atom. The molecule has 0 heterocycles. The molecule has 2 aromatic rings. The number of primary amides is 1. The maximum Gasteiger partial charge on any atom is 0.323 e. The van der Waals surface area contributed by atoms with Crippen LogP contribution in [0, 0.1) is 18.8 Å². The number of anilines is 3. The van der Waals surface area contributed by atoms with Crippen molar-refractivity contribution in [3.8, 4) is 5.75 Å². The summed E-state index contributed by atoms with van der Waals surface area (Å²) in [4.78, 5) is 55.9. The Kier molecular flexibility index (Phi) is 7.42. The van der Waals surface area contributed by atoms with Gasteiger partial charge in [0.2, 0.25) is 5.78 Å². The highest BCUT2D eigenvalue weighted by molar-refractivity contribution is 6.25. The maximum atomic E-state index is 14.1. The van der Waals surface area contributed by atoms with Crippen molar-refractivity contribution in [3.05, 3.63) is 69.7 Å². The number of nitrogens with one attached hydrogen (secondary N) is 2. The van der Waals surface area contributed by atoms with E-state index in [2.05, 4.69) is 10.6 Å². The van der Waals surface area contributed by atoms with Gasteiger partial charge < -0.3 is 41.7 Å². The summed E-state index contributed by atoms with van der Waals surface area (Å²) >= 11 is 0. The molecule has 5 rings (SSSR count). The first kappa shape index (κ1) is 30.6. The molecule has 4 atom stereocenters. The van der Waals surface area contributed by atoms with Crippen LogP contribution in [0.4, 0.5) is 21.9 Å². The number of ketones is 2. The number of aliphatic hydroxyl groups is 3. The molecular formula is C31H35N5O8. The number of amides is 3. The number of fused-ring (bicyclic) bond motifs is 3. The fourth-order valence-corrected chi connectivity index (χ4v) is 6.71. The number of nitrogens with two attached hydrogens (primary N) is 1. The van der Waals surface area contributed by atoms with Gasteiger partial charge in [0.15, 0.2) is 17.1 Å². The molecule has 44 heavy (non-hydrogen) atoms. The predicted molar refractivity (Wildman–Crippen MR) is 162 cm³/mol. The predicted octanol–water partition coefficient (Wildman–Crippen LogP) is 2.14. The smallest absolute Gasteiger partial charge is 0.323 e. The van der Waals surface area contributed by atoms with Crippen LogP contribution in [0.5, 0.6) is 5.75 Å². The quantitative estimate of drug-likeness (QED) is 0.195. The van der Waals surface area contributed by atoms with E-state index in [1.165, 1.54) is 11.0 Å². The highest BCUT2D eigenvalue weighted by Gasteiger charge is 2.63. The van der Waals surface area contributed by atoms with Crippen LogP contribution in [0.2, 0.25) is 0 Å². The number of nitrogens with zero attached hydrogens (tertiary/aromatic N) is 2. The Bertz CT molecular complexity index is 1680. The van der Waals surface area contributed by atoms with E-state index in [4.69, 9.17) is 5.73 Å². The van der Waals surface area contributed by atoms with Crippen LogP contribution in [-0.4, -0.2) is 88.7 Å². The molecule has 0 aliphatic heterocycles. The van der Waals surface area contributed by atoms with Gasteiger partial charge in [-0.2, -0.15) is 0 Å². The summed E-state index contributed by atoms with van der Waals surface area (Å²) in [7, 11) is 6.59. The van der Waals surface area contributed by atoms with E-state index >= 15 is 0 Å². The van der Waals surface area contributed by atoms with Crippen molar-refractivity contribution in [1.82, 2.24) is 4.90 Å². The molecule has 232 valence electrons. The fraction of sp³-hybridized carbons (Fsp3) is 0.355. The van der Waals surface area contributed by atoms with Gasteiger partial charge in [-0.15, -0.1) is 0 Å². The van der Waals surface area contributed by atoms with Gasteiger partial charge in [-0.05, 0) is 63.5 Å². The molecule has 3 aliphatic carbocycles. The summed E-state index contributed by atoms with van der Waals surface area (Å²) in [5.74, 6) is -7.45. The van der Waals surface area contributed by atoms with Gasteiger partial charge in [-0.25, -0.2) is 4.79 Å². The second-order valence-corrected chi connectivity index (χ2v) is 11.9. The zero-order valence-electron chi connectivity index (χ0n) is 24.9. The molecule has 13 heteroatoms. The van der Waals surface area contributed by atoms with E-state index in [-0.39, 0.29) is 29.7 Å². The topological polar surface area (TPSA) is 206 Å². The van der Waals surface area contributed by atoms with Gasteiger partial charge in [0.05, 0.1) is 17.3 Å². The third-order valence-electron chi connectivity index (χ3n) is 8.74. The number of allylic oxidation sites excluding steroid dienone is 1.